The Kier molecular flexibility index (Phi) is 8.79. The monoisotopic (exact) mass is 606 g/mol. The molecule has 3 atom stereocenters. The fourth-order valence-electron chi connectivity index (χ4n) is 5.70. The predicted octanol–water partition coefficient (Wildman–Crippen LogP) is 7.71. The first kappa shape index (κ1) is 29.8. The summed E-state index contributed by atoms with van der Waals surface area (Å²) in [6.45, 7) is 10.7. The van der Waals surface area contributed by atoms with Crippen molar-refractivity contribution in [1.82, 2.24) is 0 Å². The molecule has 0 amide bonds. The highest BCUT2D eigenvalue weighted by molar-refractivity contribution is 5.82. The summed E-state index contributed by atoms with van der Waals surface area (Å²) in [5.74, 6) is 2.81. The summed E-state index contributed by atoms with van der Waals surface area (Å²) in [5.41, 5.74) is 10.6. The van der Waals surface area contributed by atoms with E-state index in [0.717, 1.165) is 56.3 Å². The third kappa shape index (κ3) is 7.36. The number of aryl methyl sites for hydroxylation is 3. The summed E-state index contributed by atoms with van der Waals surface area (Å²) in [6, 6.07) is 26.6. The third-order valence-electron chi connectivity index (χ3n) is 8.74. The van der Waals surface area contributed by atoms with E-state index in [9.17, 15) is 0 Å². The van der Waals surface area contributed by atoms with Crippen molar-refractivity contribution in [2.45, 2.75) is 58.3 Å². The number of hydrogen-bond donors (Lipinski definition) is 0. The highest BCUT2D eigenvalue weighted by atomic mass is 16.6. The van der Waals surface area contributed by atoms with Gasteiger partial charge in [0.1, 0.15) is 55.4 Å². The summed E-state index contributed by atoms with van der Waals surface area (Å²) in [7, 11) is 0. The van der Waals surface area contributed by atoms with Gasteiger partial charge in [-0.1, -0.05) is 39.0 Å². The van der Waals surface area contributed by atoms with Crippen LogP contribution in [0.3, 0.4) is 0 Å². The van der Waals surface area contributed by atoms with Crippen LogP contribution in [-0.2, 0) is 33.5 Å². The predicted molar refractivity (Wildman–Crippen MR) is 177 cm³/mol. The van der Waals surface area contributed by atoms with E-state index in [2.05, 4.69) is 93.6 Å². The molecule has 3 heterocycles. The molecular formula is C39H42O6. The smallest absolute Gasteiger partial charge is 0.122 e. The number of rotatable bonds is 15. The second-order valence-corrected chi connectivity index (χ2v) is 12.1. The van der Waals surface area contributed by atoms with E-state index in [1.807, 2.05) is 0 Å². The summed E-state index contributed by atoms with van der Waals surface area (Å²) in [6.07, 6.45) is 3.36. The minimum Gasteiger partial charge on any atom is -0.491 e. The molecule has 3 fully saturated rings. The number of epoxide rings is 3. The van der Waals surface area contributed by atoms with Gasteiger partial charge in [0.05, 0.1) is 19.8 Å². The van der Waals surface area contributed by atoms with Crippen LogP contribution in [0.15, 0.2) is 72.8 Å². The number of benzene rings is 4. The topological polar surface area (TPSA) is 65.3 Å². The average Bonchev–Trinajstić information content (AvgIpc) is 3.93. The Morgan fingerprint density at radius 1 is 0.444 bits per heavy atom. The maximum atomic E-state index is 6.11. The van der Waals surface area contributed by atoms with Crippen molar-refractivity contribution in [3.05, 3.63) is 89.5 Å². The molecule has 3 aliphatic heterocycles. The number of ether oxygens (including phenoxy) is 6. The molecule has 0 N–H and O–H groups in total. The van der Waals surface area contributed by atoms with Crippen LogP contribution in [0.25, 0.3) is 33.4 Å². The Morgan fingerprint density at radius 2 is 0.733 bits per heavy atom. The van der Waals surface area contributed by atoms with E-state index >= 15 is 0 Å². The number of hydrogen-bond acceptors (Lipinski definition) is 6. The molecule has 3 unspecified atom stereocenters. The molecule has 0 spiro atoms. The van der Waals surface area contributed by atoms with Gasteiger partial charge in [-0.25, -0.2) is 0 Å². The van der Waals surface area contributed by atoms with Crippen LogP contribution in [0.5, 0.6) is 17.2 Å². The Bertz CT molecular complexity index is 1440. The molecule has 0 aliphatic carbocycles. The van der Waals surface area contributed by atoms with Gasteiger partial charge in [0.2, 0.25) is 0 Å². The van der Waals surface area contributed by atoms with Gasteiger partial charge >= 0.3 is 0 Å². The summed E-state index contributed by atoms with van der Waals surface area (Å²) >= 11 is 0. The quantitative estimate of drug-likeness (QED) is 0.129. The van der Waals surface area contributed by atoms with Crippen molar-refractivity contribution in [1.29, 1.82) is 0 Å². The van der Waals surface area contributed by atoms with Gasteiger partial charge in [-0.05, 0) is 124 Å². The highest BCUT2D eigenvalue weighted by Crippen LogP contribution is 2.38. The third-order valence-corrected chi connectivity index (χ3v) is 8.74. The van der Waals surface area contributed by atoms with Gasteiger partial charge in [0.25, 0.3) is 0 Å². The van der Waals surface area contributed by atoms with Crippen LogP contribution in [0, 0.1) is 0 Å². The van der Waals surface area contributed by atoms with E-state index in [-0.39, 0.29) is 18.3 Å². The van der Waals surface area contributed by atoms with Crippen molar-refractivity contribution in [2.75, 3.05) is 39.6 Å². The van der Waals surface area contributed by atoms with Crippen LogP contribution in [0.1, 0.15) is 37.5 Å². The Labute approximate surface area is 266 Å². The van der Waals surface area contributed by atoms with Gasteiger partial charge in [0, 0.05) is 0 Å². The molecule has 7 rings (SSSR count). The fraction of sp³-hybridized carbons (Fsp3) is 0.385. The largest absolute Gasteiger partial charge is 0.491 e. The minimum atomic E-state index is 0.229. The summed E-state index contributed by atoms with van der Waals surface area (Å²) < 4.78 is 34.4. The second kappa shape index (κ2) is 13.3. The molecule has 0 radical (unpaired) electrons. The summed E-state index contributed by atoms with van der Waals surface area (Å²) in [4.78, 5) is 0. The van der Waals surface area contributed by atoms with Crippen LogP contribution < -0.4 is 14.2 Å². The summed E-state index contributed by atoms with van der Waals surface area (Å²) in [5, 5.41) is 0. The Hall–Kier alpha value is -3.84. The van der Waals surface area contributed by atoms with Crippen LogP contribution in [-0.4, -0.2) is 58.0 Å². The zero-order valence-corrected chi connectivity index (χ0v) is 26.5. The van der Waals surface area contributed by atoms with Crippen LogP contribution >= 0.6 is 0 Å². The van der Waals surface area contributed by atoms with Gasteiger partial charge < -0.3 is 28.4 Å². The SMILES string of the molecule is CCc1cc(-c2cc(-c3ccc(OCC4CO4)c(CC)c3)cc(-c3ccc(OCC4CO4)c(CC)c3)c2)ccc1OCC1CO1. The molecule has 6 nitrogen and oxygen atoms in total. The lowest BCUT2D eigenvalue weighted by Crippen LogP contribution is -2.06. The van der Waals surface area contributed by atoms with E-state index in [4.69, 9.17) is 28.4 Å². The van der Waals surface area contributed by atoms with Crippen LogP contribution in [0.2, 0.25) is 0 Å². The zero-order chi connectivity index (χ0) is 30.8. The van der Waals surface area contributed by atoms with Gasteiger partial charge in [-0.15, -0.1) is 0 Å². The maximum absolute atomic E-state index is 6.11. The molecule has 234 valence electrons. The molecule has 6 heteroatoms. The van der Waals surface area contributed by atoms with Gasteiger partial charge in [0.15, 0.2) is 0 Å². The van der Waals surface area contributed by atoms with Crippen molar-refractivity contribution < 1.29 is 28.4 Å². The standard InChI is InChI=1S/C39H42O6/c1-4-25-13-28(7-10-37(25)43-22-34-19-40-34)31-16-32(29-8-11-38(26(5-2)14-29)44-23-35-20-41-35)18-33(17-31)30-9-12-39(27(6-3)15-30)45-24-36-21-42-36/h7-18,34-36H,4-6,19-24H2,1-3H3. The van der Waals surface area contributed by atoms with E-state index in [0.29, 0.717) is 19.8 Å². The van der Waals surface area contributed by atoms with Crippen molar-refractivity contribution in [2.24, 2.45) is 0 Å². The molecule has 3 aliphatic rings. The fourth-order valence-corrected chi connectivity index (χ4v) is 5.70. The zero-order valence-electron chi connectivity index (χ0n) is 26.5. The van der Waals surface area contributed by atoms with Crippen LogP contribution in [0.4, 0.5) is 0 Å². The van der Waals surface area contributed by atoms with Crippen molar-refractivity contribution >= 4 is 0 Å². The van der Waals surface area contributed by atoms with Gasteiger partial charge in [-0.3, -0.25) is 0 Å². The Balaban J connectivity index is 1.26. The van der Waals surface area contributed by atoms with E-state index in [1.165, 1.54) is 50.1 Å². The van der Waals surface area contributed by atoms with Gasteiger partial charge in [-0.2, -0.15) is 0 Å². The first-order valence-electron chi connectivity index (χ1n) is 16.4. The second-order valence-electron chi connectivity index (χ2n) is 12.1. The lowest BCUT2D eigenvalue weighted by Gasteiger charge is -2.16. The van der Waals surface area contributed by atoms with Crippen molar-refractivity contribution in [3.8, 4) is 50.6 Å². The van der Waals surface area contributed by atoms with E-state index < -0.39 is 0 Å². The molecule has 45 heavy (non-hydrogen) atoms. The lowest BCUT2D eigenvalue weighted by atomic mass is 9.91. The average molecular weight is 607 g/mol. The first-order valence-corrected chi connectivity index (χ1v) is 16.4. The minimum absolute atomic E-state index is 0.229. The maximum Gasteiger partial charge on any atom is 0.122 e. The van der Waals surface area contributed by atoms with E-state index in [1.54, 1.807) is 0 Å². The first-order chi connectivity index (χ1) is 22.1. The highest BCUT2D eigenvalue weighted by Gasteiger charge is 2.25. The molecule has 0 aromatic heterocycles. The molecule has 0 bridgehead atoms. The molecule has 0 saturated carbocycles. The molecule has 4 aromatic carbocycles. The van der Waals surface area contributed by atoms with Crippen molar-refractivity contribution in [3.63, 3.8) is 0 Å². The molecule has 4 aromatic rings. The Morgan fingerprint density at radius 3 is 0.978 bits per heavy atom. The molecular weight excluding hydrogens is 564 g/mol. The lowest BCUT2D eigenvalue weighted by molar-refractivity contribution is 0.261. The normalized spacial score (nSPS) is 19.7. The molecule has 3 saturated heterocycles.